The Morgan fingerprint density at radius 3 is 2.41 bits per heavy atom. The molecule has 32 heavy (non-hydrogen) atoms. The van der Waals surface area contributed by atoms with E-state index < -0.39 is 5.97 Å². The highest BCUT2D eigenvalue weighted by atomic mass is 32.1. The second kappa shape index (κ2) is 11.2. The summed E-state index contributed by atoms with van der Waals surface area (Å²) in [7, 11) is 0. The first kappa shape index (κ1) is 26.2. The highest BCUT2D eigenvalue weighted by molar-refractivity contribution is 7.13. The number of benzene rings is 1. The lowest BCUT2D eigenvalue weighted by atomic mass is 9.93. The Morgan fingerprint density at radius 2 is 1.88 bits per heavy atom. The van der Waals surface area contributed by atoms with Gasteiger partial charge in [0.05, 0.1) is 23.5 Å². The SMILES string of the molecule is CCC(C)CN(CC(C)C)c1ccc(C(C)CC(=O)O)cc1Nc1nc(C(C)(C)C)cs1. The summed E-state index contributed by atoms with van der Waals surface area (Å²) in [6.07, 6.45) is 1.25. The minimum Gasteiger partial charge on any atom is -0.481 e. The molecule has 5 nitrogen and oxygen atoms in total. The fraction of sp³-hybridized carbons (Fsp3) is 0.615. The van der Waals surface area contributed by atoms with Crippen LogP contribution in [0.1, 0.15) is 85.4 Å². The predicted octanol–water partition coefficient (Wildman–Crippen LogP) is 7.27. The highest BCUT2D eigenvalue weighted by Gasteiger charge is 2.21. The molecule has 2 atom stereocenters. The maximum Gasteiger partial charge on any atom is 0.303 e. The summed E-state index contributed by atoms with van der Waals surface area (Å²) in [5.74, 6) is 0.283. The zero-order valence-corrected chi connectivity index (χ0v) is 21.8. The topological polar surface area (TPSA) is 65.5 Å². The number of nitrogens with one attached hydrogen (secondary N) is 1. The van der Waals surface area contributed by atoms with E-state index in [0.717, 1.165) is 47.3 Å². The average molecular weight is 460 g/mol. The first-order valence-corrected chi connectivity index (χ1v) is 12.6. The number of rotatable bonds is 11. The quantitative estimate of drug-likeness (QED) is 0.370. The number of anilines is 3. The van der Waals surface area contributed by atoms with Gasteiger partial charge in [-0.25, -0.2) is 4.98 Å². The van der Waals surface area contributed by atoms with Gasteiger partial charge in [0.1, 0.15) is 0 Å². The summed E-state index contributed by atoms with van der Waals surface area (Å²) >= 11 is 1.61. The van der Waals surface area contributed by atoms with Crippen molar-refractivity contribution in [1.29, 1.82) is 0 Å². The number of aliphatic carboxylic acids is 1. The number of hydrogen-bond donors (Lipinski definition) is 2. The van der Waals surface area contributed by atoms with Crippen LogP contribution in [0.15, 0.2) is 23.6 Å². The molecule has 0 saturated heterocycles. The molecule has 6 heteroatoms. The molecule has 1 aromatic heterocycles. The Balaban J connectivity index is 2.48. The molecule has 0 amide bonds. The largest absolute Gasteiger partial charge is 0.481 e. The second-order valence-corrected chi connectivity index (χ2v) is 11.4. The van der Waals surface area contributed by atoms with Gasteiger partial charge in [-0.05, 0) is 35.4 Å². The van der Waals surface area contributed by atoms with Crippen LogP contribution in [0.3, 0.4) is 0 Å². The van der Waals surface area contributed by atoms with Crippen LogP contribution >= 0.6 is 11.3 Å². The van der Waals surface area contributed by atoms with Crippen LogP contribution < -0.4 is 10.2 Å². The van der Waals surface area contributed by atoms with E-state index in [-0.39, 0.29) is 17.8 Å². The third kappa shape index (κ3) is 7.51. The number of carboxylic acids is 1. The molecule has 0 spiro atoms. The lowest BCUT2D eigenvalue weighted by molar-refractivity contribution is -0.137. The molecule has 2 rings (SSSR count). The molecule has 0 saturated carbocycles. The van der Waals surface area contributed by atoms with Crippen molar-refractivity contribution in [1.82, 2.24) is 4.98 Å². The van der Waals surface area contributed by atoms with Gasteiger partial charge in [-0.2, -0.15) is 0 Å². The number of carboxylic acid groups (broad SMARTS) is 1. The first-order valence-electron chi connectivity index (χ1n) is 11.7. The van der Waals surface area contributed by atoms with Gasteiger partial charge in [0.25, 0.3) is 0 Å². The second-order valence-electron chi connectivity index (χ2n) is 10.5. The monoisotopic (exact) mass is 459 g/mol. The Bertz CT molecular complexity index is 885. The van der Waals surface area contributed by atoms with Crippen molar-refractivity contribution in [3.05, 3.63) is 34.8 Å². The zero-order valence-electron chi connectivity index (χ0n) is 21.0. The molecule has 0 aliphatic heterocycles. The molecule has 1 heterocycles. The van der Waals surface area contributed by atoms with Gasteiger partial charge in [-0.1, -0.05) is 67.9 Å². The summed E-state index contributed by atoms with van der Waals surface area (Å²) in [6.45, 7) is 19.4. The Kier molecular flexibility index (Phi) is 9.14. The van der Waals surface area contributed by atoms with Gasteiger partial charge >= 0.3 is 5.97 Å². The van der Waals surface area contributed by atoms with Crippen LogP contribution in [0.4, 0.5) is 16.5 Å². The third-order valence-electron chi connectivity index (χ3n) is 5.74. The molecule has 178 valence electrons. The number of hydrogen-bond acceptors (Lipinski definition) is 5. The Morgan fingerprint density at radius 1 is 1.19 bits per heavy atom. The Hall–Kier alpha value is -2.08. The van der Waals surface area contributed by atoms with Crippen molar-refractivity contribution in [2.24, 2.45) is 11.8 Å². The summed E-state index contributed by atoms with van der Waals surface area (Å²) in [5, 5.41) is 15.8. The van der Waals surface area contributed by atoms with Crippen molar-refractivity contribution in [2.75, 3.05) is 23.3 Å². The van der Waals surface area contributed by atoms with Crippen LogP contribution in [0.2, 0.25) is 0 Å². The normalized spacial score (nSPS) is 13.8. The Labute approximate surface area is 198 Å². The first-order chi connectivity index (χ1) is 14.9. The van der Waals surface area contributed by atoms with E-state index in [0.29, 0.717) is 11.8 Å². The average Bonchev–Trinajstić information content (AvgIpc) is 3.15. The van der Waals surface area contributed by atoms with Crippen LogP contribution in [-0.4, -0.2) is 29.1 Å². The van der Waals surface area contributed by atoms with E-state index in [1.807, 2.05) is 6.92 Å². The third-order valence-corrected chi connectivity index (χ3v) is 6.50. The van der Waals surface area contributed by atoms with Crippen LogP contribution in [0, 0.1) is 11.8 Å². The molecule has 2 aromatic rings. The number of aromatic nitrogens is 1. The van der Waals surface area contributed by atoms with E-state index in [9.17, 15) is 9.90 Å². The summed E-state index contributed by atoms with van der Waals surface area (Å²) in [4.78, 5) is 18.6. The van der Waals surface area contributed by atoms with E-state index in [2.05, 4.69) is 82.3 Å². The maximum atomic E-state index is 11.3. The smallest absolute Gasteiger partial charge is 0.303 e. The molecule has 1 aromatic carbocycles. The molecule has 0 fully saturated rings. The van der Waals surface area contributed by atoms with Crippen molar-refractivity contribution < 1.29 is 9.90 Å². The van der Waals surface area contributed by atoms with Gasteiger partial charge in [0.15, 0.2) is 5.13 Å². The highest BCUT2D eigenvalue weighted by Crippen LogP contribution is 2.36. The van der Waals surface area contributed by atoms with Gasteiger partial charge < -0.3 is 15.3 Å². The predicted molar refractivity (Wildman–Crippen MR) is 138 cm³/mol. The van der Waals surface area contributed by atoms with Gasteiger partial charge in [0, 0.05) is 23.9 Å². The maximum absolute atomic E-state index is 11.3. The molecular weight excluding hydrogens is 418 g/mol. The lowest BCUT2D eigenvalue weighted by Crippen LogP contribution is -2.32. The minimum absolute atomic E-state index is 0.00263. The van der Waals surface area contributed by atoms with Crippen molar-refractivity contribution in [3.8, 4) is 0 Å². The fourth-order valence-corrected chi connectivity index (χ4v) is 4.57. The van der Waals surface area contributed by atoms with E-state index in [1.165, 1.54) is 0 Å². The number of thiazole rings is 1. The minimum atomic E-state index is -0.774. The summed E-state index contributed by atoms with van der Waals surface area (Å²) in [5.41, 5.74) is 4.24. The number of carbonyl (C=O) groups is 1. The molecule has 2 unspecified atom stereocenters. The summed E-state index contributed by atoms with van der Waals surface area (Å²) < 4.78 is 0. The zero-order chi connectivity index (χ0) is 24.1. The van der Waals surface area contributed by atoms with Crippen LogP contribution in [-0.2, 0) is 10.2 Å². The van der Waals surface area contributed by atoms with E-state index >= 15 is 0 Å². The molecular formula is C26H41N3O2S. The molecule has 2 N–H and O–H groups in total. The van der Waals surface area contributed by atoms with Gasteiger partial charge in [0.2, 0.25) is 0 Å². The van der Waals surface area contributed by atoms with E-state index in [1.54, 1.807) is 11.3 Å². The van der Waals surface area contributed by atoms with Crippen LogP contribution in [0.5, 0.6) is 0 Å². The summed E-state index contributed by atoms with van der Waals surface area (Å²) in [6, 6.07) is 6.35. The molecule has 0 radical (unpaired) electrons. The van der Waals surface area contributed by atoms with Crippen LogP contribution in [0.25, 0.3) is 0 Å². The van der Waals surface area contributed by atoms with Crippen molar-refractivity contribution in [3.63, 3.8) is 0 Å². The molecule has 0 bridgehead atoms. The molecule has 0 aliphatic carbocycles. The van der Waals surface area contributed by atoms with Crippen molar-refractivity contribution in [2.45, 2.75) is 79.6 Å². The van der Waals surface area contributed by atoms with Gasteiger partial charge in [-0.15, -0.1) is 11.3 Å². The fourth-order valence-electron chi connectivity index (χ4n) is 3.62. The van der Waals surface area contributed by atoms with Crippen molar-refractivity contribution >= 4 is 33.8 Å². The number of nitrogens with zero attached hydrogens (tertiary/aromatic N) is 2. The van der Waals surface area contributed by atoms with Gasteiger partial charge in [-0.3, -0.25) is 4.79 Å². The molecule has 0 aliphatic rings. The van der Waals surface area contributed by atoms with E-state index in [4.69, 9.17) is 4.98 Å². The standard InChI is InChI=1S/C26H41N3O2S/c1-9-18(4)15-29(14-17(2)3)22-11-10-20(19(5)12-24(30)31)13-21(22)27-25-28-23(16-32-25)26(6,7)8/h10-11,13,16-19H,9,12,14-15H2,1-8H3,(H,27,28)(H,30,31). The lowest BCUT2D eigenvalue weighted by Gasteiger charge is -2.31.